The van der Waals surface area contributed by atoms with Gasteiger partial charge in [0, 0.05) is 6.04 Å². The van der Waals surface area contributed by atoms with Crippen molar-refractivity contribution in [2.45, 2.75) is 38.8 Å². The molecule has 1 rings (SSSR count). The molecule has 0 aromatic heterocycles. The SMILES string of the molecule is CC(=O)C1C=CCC[C@@H](C)N1. The summed E-state index contributed by atoms with van der Waals surface area (Å²) in [5, 5.41) is 3.24. The summed E-state index contributed by atoms with van der Waals surface area (Å²) in [7, 11) is 0. The molecule has 0 amide bonds. The van der Waals surface area contributed by atoms with E-state index in [0.29, 0.717) is 6.04 Å². The highest BCUT2D eigenvalue weighted by atomic mass is 16.1. The minimum Gasteiger partial charge on any atom is -0.302 e. The lowest BCUT2D eigenvalue weighted by molar-refractivity contribution is -0.118. The van der Waals surface area contributed by atoms with Gasteiger partial charge in [-0.2, -0.15) is 0 Å². The maximum absolute atomic E-state index is 11.0. The molecule has 1 N–H and O–H groups in total. The molecule has 62 valence electrons. The molecule has 2 nitrogen and oxygen atoms in total. The molecule has 1 aliphatic rings. The van der Waals surface area contributed by atoms with E-state index >= 15 is 0 Å². The van der Waals surface area contributed by atoms with Gasteiger partial charge in [-0.3, -0.25) is 4.79 Å². The first-order valence-electron chi connectivity index (χ1n) is 4.13. The van der Waals surface area contributed by atoms with Crippen LogP contribution >= 0.6 is 0 Å². The van der Waals surface area contributed by atoms with Gasteiger partial charge in [0.05, 0.1) is 6.04 Å². The number of carbonyl (C=O) groups is 1. The van der Waals surface area contributed by atoms with Crippen LogP contribution in [0.1, 0.15) is 26.7 Å². The number of rotatable bonds is 1. The predicted molar refractivity (Wildman–Crippen MR) is 45.4 cm³/mol. The lowest BCUT2D eigenvalue weighted by atomic mass is 10.2. The normalized spacial score (nSPS) is 31.5. The Hall–Kier alpha value is -0.630. The van der Waals surface area contributed by atoms with Gasteiger partial charge in [-0.1, -0.05) is 12.2 Å². The number of carbonyl (C=O) groups excluding carboxylic acids is 1. The zero-order chi connectivity index (χ0) is 8.27. The van der Waals surface area contributed by atoms with Crippen molar-refractivity contribution >= 4 is 5.78 Å². The van der Waals surface area contributed by atoms with E-state index in [1.807, 2.05) is 6.08 Å². The number of nitrogens with one attached hydrogen (secondary N) is 1. The van der Waals surface area contributed by atoms with E-state index in [1.165, 1.54) is 0 Å². The number of ketones is 1. The van der Waals surface area contributed by atoms with Crippen molar-refractivity contribution in [1.29, 1.82) is 0 Å². The molecule has 2 heteroatoms. The molecule has 0 aliphatic carbocycles. The molecule has 0 spiro atoms. The van der Waals surface area contributed by atoms with Crippen molar-refractivity contribution in [2.75, 3.05) is 0 Å². The second-order valence-corrected chi connectivity index (χ2v) is 3.16. The van der Waals surface area contributed by atoms with Crippen LogP contribution in [0.3, 0.4) is 0 Å². The fraction of sp³-hybridized carbons (Fsp3) is 0.667. The summed E-state index contributed by atoms with van der Waals surface area (Å²) in [6.07, 6.45) is 6.26. The number of allylic oxidation sites excluding steroid dienone is 1. The van der Waals surface area contributed by atoms with E-state index in [1.54, 1.807) is 6.92 Å². The summed E-state index contributed by atoms with van der Waals surface area (Å²) >= 11 is 0. The molecular formula is C9H15NO. The lowest BCUT2D eigenvalue weighted by Crippen LogP contribution is -2.38. The summed E-state index contributed by atoms with van der Waals surface area (Å²) in [4.78, 5) is 11.0. The van der Waals surface area contributed by atoms with E-state index in [0.717, 1.165) is 12.8 Å². The van der Waals surface area contributed by atoms with Crippen molar-refractivity contribution < 1.29 is 4.79 Å². The minimum atomic E-state index is -0.0486. The molecular weight excluding hydrogens is 138 g/mol. The Morgan fingerprint density at radius 3 is 3.00 bits per heavy atom. The smallest absolute Gasteiger partial charge is 0.150 e. The van der Waals surface area contributed by atoms with Gasteiger partial charge in [0.25, 0.3) is 0 Å². The van der Waals surface area contributed by atoms with Gasteiger partial charge in [0.2, 0.25) is 0 Å². The molecule has 0 aromatic rings. The van der Waals surface area contributed by atoms with Gasteiger partial charge in [-0.25, -0.2) is 0 Å². The standard InChI is InChI=1S/C9H15NO/c1-7-5-3-4-6-9(10-7)8(2)11/h4,6-7,9-10H,3,5H2,1-2H3/t7-,9?/m1/s1. The maximum atomic E-state index is 11.0. The van der Waals surface area contributed by atoms with E-state index in [2.05, 4.69) is 18.3 Å². The zero-order valence-corrected chi connectivity index (χ0v) is 7.13. The van der Waals surface area contributed by atoms with Crippen molar-refractivity contribution in [3.05, 3.63) is 12.2 Å². The molecule has 2 atom stereocenters. The van der Waals surface area contributed by atoms with Crippen LogP contribution in [-0.4, -0.2) is 17.9 Å². The Morgan fingerprint density at radius 1 is 1.64 bits per heavy atom. The van der Waals surface area contributed by atoms with Crippen molar-refractivity contribution in [1.82, 2.24) is 5.32 Å². The fourth-order valence-electron chi connectivity index (χ4n) is 1.28. The van der Waals surface area contributed by atoms with Gasteiger partial charge >= 0.3 is 0 Å². The molecule has 0 saturated heterocycles. The van der Waals surface area contributed by atoms with E-state index in [-0.39, 0.29) is 11.8 Å². The summed E-state index contributed by atoms with van der Waals surface area (Å²) < 4.78 is 0. The third-order valence-electron chi connectivity index (χ3n) is 2.00. The van der Waals surface area contributed by atoms with Gasteiger partial charge in [0.1, 0.15) is 0 Å². The van der Waals surface area contributed by atoms with Crippen LogP contribution < -0.4 is 5.32 Å². The molecule has 0 radical (unpaired) electrons. The Labute approximate surface area is 67.7 Å². The highest BCUT2D eigenvalue weighted by Crippen LogP contribution is 2.05. The molecule has 0 fully saturated rings. The summed E-state index contributed by atoms with van der Waals surface area (Å²) in [6, 6.07) is 0.409. The molecule has 1 heterocycles. The van der Waals surface area contributed by atoms with Gasteiger partial charge in [-0.15, -0.1) is 0 Å². The Kier molecular flexibility index (Phi) is 2.83. The first-order valence-corrected chi connectivity index (χ1v) is 4.13. The molecule has 1 unspecified atom stereocenters. The van der Waals surface area contributed by atoms with Gasteiger partial charge in [0.15, 0.2) is 5.78 Å². The Morgan fingerprint density at radius 2 is 2.36 bits per heavy atom. The topological polar surface area (TPSA) is 29.1 Å². The van der Waals surface area contributed by atoms with Crippen LogP contribution in [0.5, 0.6) is 0 Å². The van der Waals surface area contributed by atoms with Crippen molar-refractivity contribution in [3.63, 3.8) is 0 Å². The van der Waals surface area contributed by atoms with E-state index < -0.39 is 0 Å². The largest absolute Gasteiger partial charge is 0.302 e. The third kappa shape index (κ3) is 2.46. The molecule has 0 bridgehead atoms. The Bertz CT molecular complexity index is 174. The molecule has 0 aromatic carbocycles. The molecule has 1 aliphatic heterocycles. The van der Waals surface area contributed by atoms with E-state index in [9.17, 15) is 4.79 Å². The monoisotopic (exact) mass is 153 g/mol. The number of hydrogen-bond acceptors (Lipinski definition) is 2. The van der Waals surface area contributed by atoms with Crippen molar-refractivity contribution in [2.24, 2.45) is 0 Å². The van der Waals surface area contributed by atoms with Crippen LogP contribution in [0.4, 0.5) is 0 Å². The molecule has 11 heavy (non-hydrogen) atoms. The lowest BCUT2D eigenvalue weighted by Gasteiger charge is -2.14. The number of hydrogen-bond donors (Lipinski definition) is 1. The molecule has 0 saturated carbocycles. The summed E-state index contributed by atoms with van der Waals surface area (Å²) in [6.45, 7) is 3.74. The van der Waals surface area contributed by atoms with Crippen molar-refractivity contribution in [3.8, 4) is 0 Å². The average molecular weight is 153 g/mol. The van der Waals surface area contributed by atoms with Gasteiger partial charge in [-0.05, 0) is 26.7 Å². The highest BCUT2D eigenvalue weighted by Gasteiger charge is 2.14. The Balaban J connectivity index is 2.57. The highest BCUT2D eigenvalue weighted by molar-refractivity contribution is 5.83. The van der Waals surface area contributed by atoms with Crippen LogP contribution in [0, 0.1) is 0 Å². The maximum Gasteiger partial charge on any atom is 0.150 e. The number of Topliss-reactive ketones (excluding diaryl/α,β-unsaturated/α-hetero) is 1. The summed E-state index contributed by atoms with van der Waals surface area (Å²) in [5.41, 5.74) is 0. The van der Waals surface area contributed by atoms with E-state index in [4.69, 9.17) is 0 Å². The predicted octanol–water partition coefficient (Wildman–Crippen LogP) is 1.27. The van der Waals surface area contributed by atoms with Crippen LogP contribution in [-0.2, 0) is 4.79 Å². The first kappa shape index (κ1) is 8.47. The van der Waals surface area contributed by atoms with Crippen LogP contribution in [0.15, 0.2) is 12.2 Å². The van der Waals surface area contributed by atoms with Crippen LogP contribution in [0.25, 0.3) is 0 Å². The average Bonchev–Trinajstić information content (AvgIpc) is 2.13. The first-order chi connectivity index (χ1) is 5.20. The summed E-state index contributed by atoms with van der Waals surface area (Å²) in [5.74, 6) is 0.204. The second-order valence-electron chi connectivity index (χ2n) is 3.16. The third-order valence-corrected chi connectivity index (χ3v) is 2.00. The minimum absolute atomic E-state index is 0.0486. The van der Waals surface area contributed by atoms with Crippen LogP contribution in [0.2, 0.25) is 0 Å². The fourth-order valence-corrected chi connectivity index (χ4v) is 1.28. The van der Waals surface area contributed by atoms with Gasteiger partial charge < -0.3 is 5.32 Å². The quantitative estimate of drug-likeness (QED) is 0.575. The second kappa shape index (κ2) is 3.67. The zero-order valence-electron chi connectivity index (χ0n) is 7.13.